The summed E-state index contributed by atoms with van der Waals surface area (Å²) >= 11 is 1.15. The van der Waals surface area contributed by atoms with E-state index in [1.165, 1.54) is 0 Å². The number of aromatic nitrogens is 4. The molecule has 38 heavy (non-hydrogen) atoms. The summed E-state index contributed by atoms with van der Waals surface area (Å²) in [4.78, 5) is 24.4. The highest BCUT2D eigenvalue weighted by molar-refractivity contribution is 7.15. The number of anilines is 2. The van der Waals surface area contributed by atoms with Crippen LogP contribution in [-0.4, -0.2) is 37.3 Å². The highest BCUT2D eigenvalue weighted by Crippen LogP contribution is 2.21. The van der Waals surface area contributed by atoms with Crippen molar-refractivity contribution in [1.82, 2.24) is 20.4 Å². The number of halogens is 2. The average molecular weight is 539 g/mol. The lowest BCUT2D eigenvalue weighted by molar-refractivity contribution is -0.124. The van der Waals surface area contributed by atoms with Gasteiger partial charge in [-0.3, -0.25) is 14.9 Å². The van der Waals surface area contributed by atoms with Crippen LogP contribution in [0.25, 0.3) is 0 Å². The van der Waals surface area contributed by atoms with Crippen molar-refractivity contribution in [3.63, 3.8) is 0 Å². The highest BCUT2D eigenvalue weighted by atomic mass is 32.1. The zero-order valence-electron chi connectivity index (χ0n) is 20.1. The molecule has 0 saturated carbocycles. The topological polar surface area (TPSA) is 130 Å². The number of hydrogen-bond acceptors (Lipinski definition) is 8. The SMILES string of the molecule is O=C(Cc1ccccc1)Nc1ccc(CCCCc2nnc(NC(=O)[C@H](O)c3cc(F)cc(F)c3)s2)nn1. The summed E-state index contributed by atoms with van der Waals surface area (Å²) in [5.74, 6) is -2.42. The van der Waals surface area contributed by atoms with Crippen molar-refractivity contribution >= 4 is 34.1 Å². The van der Waals surface area contributed by atoms with Crippen LogP contribution in [-0.2, 0) is 28.9 Å². The summed E-state index contributed by atoms with van der Waals surface area (Å²) in [5.41, 5.74) is 1.51. The monoisotopic (exact) mass is 538 g/mol. The second kappa shape index (κ2) is 12.9. The van der Waals surface area contributed by atoms with Crippen molar-refractivity contribution in [3.8, 4) is 0 Å². The normalized spacial score (nSPS) is 11.7. The summed E-state index contributed by atoms with van der Waals surface area (Å²) in [6, 6.07) is 15.4. The molecule has 0 saturated heterocycles. The first-order chi connectivity index (χ1) is 18.4. The van der Waals surface area contributed by atoms with Gasteiger partial charge in [-0.2, -0.15) is 5.10 Å². The Balaban J connectivity index is 1.18. The molecule has 0 aliphatic rings. The predicted molar refractivity (Wildman–Crippen MR) is 137 cm³/mol. The predicted octanol–water partition coefficient (Wildman–Crippen LogP) is 4.03. The van der Waals surface area contributed by atoms with Gasteiger partial charge in [0.2, 0.25) is 11.0 Å². The first kappa shape index (κ1) is 26.9. The molecule has 2 amide bonds. The molecule has 0 unspecified atom stereocenters. The fourth-order valence-electron chi connectivity index (χ4n) is 3.57. The summed E-state index contributed by atoms with van der Waals surface area (Å²) in [6.07, 6.45) is 1.40. The van der Waals surface area contributed by atoms with Gasteiger partial charge < -0.3 is 10.4 Å². The maximum Gasteiger partial charge on any atom is 0.259 e. The Hall–Kier alpha value is -4.16. The number of unbranched alkanes of at least 4 members (excludes halogenated alkanes) is 1. The van der Waals surface area contributed by atoms with E-state index in [1.54, 1.807) is 6.07 Å². The van der Waals surface area contributed by atoms with E-state index in [0.29, 0.717) is 29.7 Å². The minimum Gasteiger partial charge on any atom is -0.378 e. The number of rotatable bonds is 11. The van der Waals surface area contributed by atoms with E-state index < -0.39 is 23.6 Å². The van der Waals surface area contributed by atoms with Crippen LogP contribution < -0.4 is 10.6 Å². The third kappa shape index (κ3) is 7.92. The Kier molecular flexibility index (Phi) is 9.11. The number of benzene rings is 2. The molecule has 0 aliphatic carbocycles. The lowest BCUT2D eigenvalue weighted by atomic mass is 10.1. The lowest BCUT2D eigenvalue weighted by Crippen LogP contribution is -2.21. The quantitative estimate of drug-likeness (QED) is 0.246. The molecule has 0 aliphatic heterocycles. The molecule has 196 valence electrons. The first-order valence-electron chi connectivity index (χ1n) is 11.8. The zero-order valence-corrected chi connectivity index (χ0v) is 20.9. The van der Waals surface area contributed by atoms with E-state index in [9.17, 15) is 23.5 Å². The number of aliphatic hydroxyl groups excluding tert-OH is 1. The van der Waals surface area contributed by atoms with Gasteiger partial charge in [0.25, 0.3) is 5.91 Å². The Morgan fingerprint density at radius 3 is 2.32 bits per heavy atom. The van der Waals surface area contributed by atoms with Crippen LogP contribution in [0.4, 0.5) is 19.7 Å². The fourth-order valence-corrected chi connectivity index (χ4v) is 4.36. The number of aryl methyl sites for hydroxylation is 2. The third-order valence-corrected chi connectivity index (χ3v) is 6.31. The molecule has 12 heteroatoms. The van der Waals surface area contributed by atoms with Crippen molar-refractivity contribution < 1.29 is 23.5 Å². The first-order valence-corrected chi connectivity index (χ1v) is 12.6. The smallest absolute Gasteiger partial charge is 0.259 e. The van der Waals surface area contributed by atoms with E-state index in [4.69, 9.17) is 0 Å². The van der Waals surface area contributed by atoms with E-state index in [0.717, 1.165) is 47.6 Å². The van der Waals surface area contributed by atoms with Gasteiger partial charge >= 0.3 is 0 Å². The molecular formula is C26H24F2N6O3S. The van der Waals surface area contributed by atoms with Crippen LogP contribution in [0.5, 0.6) is 0 Å². The molecule has 1 atom stereocenters. The molecule has 0 fully saturated rings. The van der Waals surface area contributed by atoms with Crippen molar-refractivity contribution in [2.45, 2.75) is 38.2 Å². The second-order valence-corrected chi connectivity index (χ2v) is 9.49. The van der Waals surface area contributed by atoms with Gasteiger partial charge in [0.15, 0.2) is 11.9 Å². The van der Waals surface area contributed by atoms with E-state index in [2.05, 4.69) is 31.0 Å². The second-order valence-electron chi connectivity index (χ2n) is 8.42. The molecule has 0 spiro atoms. The number of aliphatic hydroxyl groups is 1. The number of carbonyl (C=O) groups excluding carboxylic acids is 2. The molecule has 0 bridgehead atoms. The maximum absolute atomic E-state index is 13.3. The highest BCUT2D eigenvalue weighted by Gasteiger charge is 2.20. The van der Waals surface area contributed by atoms with Gasteiger partial charge in [-0.1, -0.05) is 41.7 Å². The average Bonchev–Trinajstić information content (AvgIpc) is 3.34. The largest absolute Gasteiger partial charge is 0.378 e. The molecule has 9 nitrogen and oxygen atoms in total. The standard InChI is InChI=1S/C26H24F2N6O3S/c27-18-13-17(14-19(28)15-18)24(36)25(37)30-26-34-33-23(38-26)9-5-4-8-20-10-11-21(32-31-20)29-22(35)12-16-6-2-1-3-7-16/h1-3,6-7,10-11,13-15,24,36H,4-5,8-9,12H2,(H,29,32,35)(H,30,34,37)/t24-/m1/s1. The molecule has 4 aromatic rings. The lowest BCUT2D eigenvalue weighted by Gasteiger charge is -2.10. The number of nitrogens with one attached hydrogen (secondary N) is 2. The fraction of sp³-hybridized carbons (Fsp3) is 0.231. The van der Waals surface area contributed by atoms with Crippen LogP contribution >= 0.6 is 11.3 Å². The van der Waals surface area contributed by atoms with Gasteiger partial charge in [-0.25, -0.2) is 8.78 Å². The number of carbonyl (C=O) groups is 2. The van der Waals surface area contributed by atoms with Crippen molar-refractivity contribution in [3.05, 3.63) is 94.1 Å². The van der Waals surface area contributed by atoms with Gasteiger partial charge in [-0.05, 0) is 54.7 Å². The molecule has 2 aromatic heterocycles. The number of nitrogens with zero attached hydrogens (tertiary/aromatic N) is 4. The summed E-state index contributed by atoms with van der Waals surface area (Å²) in [5, 5.41) is 32.2. The zero-order chi connectivity index (χ0) is 26.9. The van der Waals surface area contributed by atoms with E-state index in [1.807, 2.05) is 36.4 Å². The Bertz CT molecular complexity index is 1370. The molecule has 3 N–H and O–H groups in total. The molecule has 2 heterocycles. The summed E-state index contributed by atoms with van der Waals surface area (Å²) in [6.45, 7) is 0. The van der Waals surface area contributed by atoms with Crippen molar-refractivity contribution in [2.24, 2.45) is 0 Å². The minimum absolute atomic E-state index is 0.164. The minimum atomic E-state index is -1.75. The van der Waals surface area contributed by atoms with Gasteiger partial charge in [0, 0.05) is 12.5 Å². The van der Waals surface area contributed by atoms with Crippen LogP contribution in [0.3, 0.4) is 0 Å². The van der Waals surface area contributed by atoms with Gasteiger partial charge in [0.05, 0.1) is 12.1 Å². The van der Waals surface area contributed by atoms with Gasteiger partial charge in [0.1, 0.15) is 16.6 Å². The maximum atomic E-state index is 13.3. The molecule has 0 radical (unpaired) electrons. The molecule has 4 rings (SSSR count). The summed E-state index contributed by atoms with van der Waals surface area (Å²) in [7, 11) is 0. The number of hydrogen-bond donors (Lipinski definition) is 3. The van der Waals surface area contributed by atoms with Crippen molar-refractivity contribution in [2.75, 3.05) is 10.6 Å². The van der Waals surface area contributed by atoms with Crippen LogP contribution in [0.1, 0.15) is 40.8 Å². The Morgan fingerprint density at radius 1 is 0.868 bits per heavy atom. The Morgan fingerprint density at radius 2 is 1.61 bits per heavy atom. The number of amides is 2. The van der Waals surface area contributed by atoms with Crippen molar-refractivity contribution in [1.29, 1.82) is 0 Å². The van der Waals surface area contributed by atoms with Crippen LogP contribution in [0.2, 0.25) is 0 Å². The van der Waals surface area contributed by atoms with E-state index in [-0.39, 0.29) is 23.0 Å². The van der Waals surface area contributed by atoms with Gasteiger partial charge in [-0.15, -0.1) is 15.3 Å². The van der Waals surface area contributed by atoms with Crippen LogP contribution in [0, 0.1) is 11.6 Å². The molecular weight excluding hydrogens is 514 g/mol. The van der Waals surface area contributed by atoms with E-state index >= 15 is 0 Å². The molecule has 2 aromatic carbocycles. The van der Waals surface area contributed by atoms with Crippen LogP contribution in [0.15, 0.2) is 60.7 Å². The third-order valence-electron chi connectivity index (χ3n) is 5.41. The summed E-state index contributed by atoms with van der Waals surface area (Å²) < 4.78 is 26.7. The Labute approximate surface area is 221 Å².